The Morgan fingerprint density at radius 3 is 3.00 bits per heavy atom. The average molecular weight is 244 g/mol. The fourth-order valence-electron chi connectivity index (χ4n) is 2.01. The first kappa shape index (κ1) is 12.4. The molecule has 0 aliphatic rings. The fourth-order valence-corrected chi connectivity index (χ4v) is 2.01. The molecule has 94 valence electrons. The largest absolute Gasteiger partial charge is 0.380 e. The summed E-state index contributed by atoms with van der Waals surface area (Å²) in [5, 5.41) is 8.94. The summed E-state index contributed by atoms with van der Waals surface area (Å²) in [6, 6.07) is 7.57. The van der Waals surface area contributed by atoms with Crippen LogP contribution in [0.3, 0.4) is 0 Å². The van der Waals surface area contributed by atoms with Gasteiger partial charge in [0.1, 0.15) is 0 Å². The van der Waals surface area contributed by atoms with E-state index in [1.165, 1.54) is 0 Å². The van der Waals surface area contributed by atoms with Crippen molar-refractivity contribution in [1.29, 1.82) is 5.26 Å². The zero-order valence-corrected chi connectivity index (χ0v) is 10.6. The molecule has 1 unspecified atom stereocenters. The Bertz CT molecular complexity index is 597. The minimum Gasteiger partial charge on any atom is -0.380 e. The summed E-state index contributed by atoms with van der Waals surface area (Å²) in [4.78, 5) is 4.29. The van der Waals surface area contributed by atoms with Crippen molar-refractivity contribution in [3.8, 4) is 6.07 Å². The predicted molar refractivity (Wildman–Crippen MR) is 70.1 cm³/mol. The highest BCUT2D eigenvalue weighted by Gasteiger charge is 2.14. The lowest BCUT2D eigenvalue weighted by molar-refractivity contribution is 0.120. The van der Waals surface area contributed by atoms with Crippen molar-refractivity contribution in [3.63, 3.8) is 0 Å². The molecule has 1 aromatic carbocycles. The second-order valence-electron chi connectivity index (χ2n) is 4.16. The molecule has 18 heavy (non-hydrogen) atoms. The van der Waals surface area contributed by atoms with Crippen LogP contribution in [0.5, 0.6) is 0 Å². The molecule has 0 bridgehead atoms. The van der Waals surface area contributed by atoms with Crippen molar-refractivity contribution in [2.45, 2.75) is 19.9 Å². The Morgan fingerprint density at radius 2 is 2.33 bits per heavy atom. The molecular formula is C13H16N4O. The van der Waals surface area contributed by atoms with Crippen LogP contribution in [0.15, 0.2) is 18.2 Å². The normalized spacial score (nSPS) is 12.5. The first-order valence-corrected chi connectivity index (χ1v) is 5.92. The summed E-state index contributed by atoms with van der Waals surface area (Å²) in [5.41, 5.74) is 8.21. The number of hydrogen-bond acceptors (Lipinski definition) is 4. The maximum atomic E-state index is 8.94. The number of nitrogens with two attached hydrogens (primary N) is 1. The summed E-state index contributed by atoms with van der Waals surface area (Å²) >= 11 is 0. The van der Waals surface area contributed by atoms with E-state index in [-0.39, 0.29) is 6.04 Å². The lowest BCUT2D eigenvalue weighted by Crippen LogP contribution is -2.14. The van der Waals surface area contributed by atoms with Crippen molar-refractivity contribution < 1.29 is 4.74 Å². The van der Waals surface area contributed by atoms with Gasteiger partial charge >= 0.3 is 0 Å². The van der Waals surface area contributed by atoms with Crippen LogP contribution in [-0.4, -0.2) is 22.8 Å². The second kappa shape index (κ2) is 5.07. The molecule has 0 fully saturated rings. The Kier molecular flexibility index (Phi) is 3.49. The summed E-state index contributed by atoms with van der Waals surface area (Å²) in [7, 11) is 0. The molecule has 1 heterocycles. The van der Waals surface area contributed by atoms with Gasteiger partial charge in [0.15, 0.2) is 0 Å². The van der Waals surface area contributed by atoms with E-state index in [1.807, 2.05) is 24.5 Å². The third-order valence-corrected chi connectivity index (χ3v) is 2.85. The van der Waals surface area contributed by atoms with Gasteiger partial charge < -0.3 is 15.0 Å². The van der Waals surface area contributed by atoms with Gasteiger partial charge in [-0.15, -0.1) is 0 Å². The van der Waals surface area contributed by atoms with Gasteiger partial charge in [-0.05, 0) is 32.0 Å². The fraction of sp³-hybridized carbons (Fsp3) is 0.385. The van der Waals surface area contributed by atoms with E-state index in [1.54, 1.807) is 12.1 Å². The van der Waals surface area contributed by atoms with Crippen LogP contribution < -0.4 is 5.73 Å². The van der Waals surface area contributed by atoms with Crippen molar-refractivity contribution in [3.05, 3.63) is 23.8 Å². The summed E-state index contributed by atoms with van der Waals surface area (Å²) < 4.78 is 7.32. The van der Waals surface area contributed by atoms with E-state index in [0.29, 0.717) is 24.7 Å². The lowest BCUT2D eigenvalue weighted by Gasteiger charge is -2.15. The molecule has 0 radical (unpaired) electrons. The van der Waals surface area contributed by atoms with Gasteiger partial charge in [-0.2, -0.15) is 5.26 Å². The van der Waals surface area contributed by atoms with Crippen LogP contribution in [0.1, 0.15) is 25.5 Å². The highest BCUT2D eigenvalue weighted by Crippen LogP contribution is 2.23. The second-order valence-corrected chi connectivity index (χ2v) is 4.16. The van der Waals surface area contributed by atoms with E-state index >= 15 is 0 Å². The quantitative estimate of drug-likeness (QED) is 0.893. The Hall–Kier alpha value is -2.06. The molecule has 1 atom stereocenters. The topological polar surface area (TPSA) is 76.9 Å². The highest BCUT2D eigenvalue weighted by atomic mass is 16.5. The standard InChI is InChI=1S/C13H16N4O/c1-3-18-8-9(2)17-12-6-10(7-14)4-5-11(12)16-13(17)15/h4-6,9H,3,8H2,1-2H3,(H2,15,16). The smallest absolute Gasteiger partial charge is 0.201 e. The zero-order valence-electron chi connectivity index (χ0n) is 10.6. The maximum Gasteiger partial charge on any atom is 0.201 e. The average Bonchev–Trinajstić information content (AvgIpc) is 2.70. The molecule has 2 N–H and O–H groups in total. The number of anilines is 1. The Labute approximate surface area is 106 Å². The van der Waals surface area contributed by atoms with Crippen LogP contribution in [-0.2, 0) is 4.74 Å². The summed E-state index contributed by atoms with van der Waals surface area (Å²) in [6.45, 7) is 5.21. The Morgan fingerprint density at radius 1 is 1.56 bits per heavy atom. The van der Waals surface area contributed by atoms with Gasteiger partial charge in [-0.3, -0.25) is 0 Å². The molecule has 0 spiro atoms. The third kappa shape index (κ3) is 2.15. The molecular weight excluding hydrogens is 228 g/mol. The van der Waals surface area contributed by atoms with E-state index in [4.69, 9.17) is 15.7 Å². The SMILES string of the molecule is CCOCC(C)n1c(N)nc2ccc(C#N)cc21. The first-order chi connectivity index (χ1) is 8.67. The number of fused-ring (bicyclic) bond motifs is 1. The van der Waals surface area contributed by atoms with Gasteiger partial charge in [-0.25, -0.2) is 4.98 Å². The number of ether oxygens (including phenoxy) is 1. The molecule has 0 saturated carbocycles. The van der Waals surface area contributed by atoms with Crippen LogP contribution in [0.2, 0.25) is 0 Å². The molecule has 5 nitrogen and oxygen atoms in total. The third-order valence-electron chi connectivity index (χ3n) is 2.85. The number of aromatic nitrogens is 2. The zero-order chi connectivity index (χ0) is 13.1. The van der Waals surface area contributed by atoms with Crippen LogP contribution in [0, 0.1) is 11.3 Å². The predicted octanol–water partition coefficient (Wildman–Crippen LogP) is 2.09. The van der Waals surface area contributed by atoms with Gasteiger partial charge in [0.2, 0.25) is 5.95 Å². The number of imidazole rings is 1. The molecule has 0 aliphatic heterocycles. The molecule has 0 amide bonds. The molecule has 5 heteroatoms. The van der Waals surface area contributed by atoms with Crippen molar-refractivity contribution >= 4 is 17.0 Å². The van der Waals surface area contributed by atoms with Gasteiger partial charge in [0.05, 0.1) is 35.3 Å². The van der Waals surface area contributed by atoms with Crippen molar-refractivity contribution in [1.82, 2.24) is 9.55 Å². The van der Waals surface area contributed by atoms with Crippen LogP contribution >= 0.6 is 0 Å². The van der Waals surface area contributed by atoms with Gasteiger partial charge in [0.25, 0.3) is 0 Å². The maximum absolute atomic E-state index is 8.94. The highest BCUT2D eigenvalue weighted by molar-refractivity contribution is 5.80. The van der Waals surface area contributed by atoms with Crippen LogP contribution in [0.4, 0.5) is 5.95 Å². The van der Waals surface area contributed by atoms with E-state index in [0.717, 1.165) is 11.0 Å². The number of hydrogen-bond donors (Lipinski definition) is 1. The lowest BCUT2D eigenvalue weighted by atomic mass is 10.2. The van der Waals surface area contributed by atoms with Gasteiger partial charge in [-0.1, -0.05) is 0 Å². The first-order valence-electron chi connectivity index (χ1n) is 5.92. The monoisotopic (exact) mass is 244 g/mol. The molecule has 2 rings (SSSR count). The number of rotatable bonds is 4. The van der Waals surface area contributed by atoms with E-state index in [2.05, 4.69) is 11.1 Å². The van der Waals surface area contributed by atoms with E-state index in [9.17, 15) is 0 Å². The van der Waals surface area contributed by atoms with Crippen molar-refractivity contribution in [2.24, 2.45) is 0 Å². The molecule has 2 aromatic rings. The molecule has 1 aromatic heterocycles. The minimum atomic E-state index is 0.0869. The number of nitriles is 1. The summed E-state index contributed by atoms with van der Waals surface area (Å²) in [5.74, 6) is 0.451. The van der Waals surface area contributed by atoms with E-state index < -0.39 is 0 Å². The van der Waals surface area contributed by atoms with Gasteiger partial charge in [0, 0.05) is 6.61 Å². The van der Waals surface area contributed by atoms with Crippen molar-refractivity contribution in [2.75, 3.05) is 18.9 Å². The summed E-state index contributed by atoms with van der Waals surface area (Å²) in [6.07, 6.45) is 0. The van der Waals surface area contributed by atoms with Crippen LogP contribution in [0.25, 0.3) is 11.0 Å². The molecule has 0 aliphatic carbocycles. The number of benzene rings is 1. The number of nitrogen functional groups attached to an aromatic ring is 1. The Balaban J connectivity index is 2.48. The number of nitrogens with zero attached hydrogens (tertiary/aromatic N) is 3. The minimum absolute atomic E-state index is 0.0869. The molecule has 0 saturated heterocycles.